The summed E-state index contributed by atoms with van der Waals surface area (Å²) in [6, 6.07) is 5.85. The Kier molecular flexibility index (Phi) is 13.1. The van der Waals surface area contributed by atoms with Crippen LogP contribution in [0.15, 0.2) is 51.9 Å². The van der Waals surface area contributed by atoms with E-state index in [0.717, 1.165) is 38.8 Å². The fraction of sp³-hybridized carbons (Fsp3) is 0.536. The van der Waals surface area contributed by atoms with E-state index in [1.165, 1.54) is 25.3 Å². The van der Waals surface area contributed by atoms with Crippen molar-refractivity contribution < 1.29 is 28.7 Å². The molecule has 11 heteroatoms. The van der Waals surface area contributed by atoms with Crippen molar-refractivity contribution >= 4 is 24.0 Å². The summed E-state index contributed by atoms with van der Waals surface area (Å²) in [5.41, 5.74) is 0.830. The number of nitrogens with zero attached hydrogens (tertiary/aromatic N) is 3. The molecule has 0 amide bonds. The summed E-state index contributed by atoms with van der Waals surface area (Å²) in [6.45, 7) is 9.49. The van der Waals surface area contributed by atoms with Crippen LogP contribution in [0.1, 0.15) is 64.9 Å². The number of methoxy groups -OCH3 is 1. The minimum absolute atomic E-state index is 0.00104. The summed E-state index contributed by atoms with van der Waals surface area (Å²) in [5, 5.41) is 14.7. The van der Waals surface area contributed by atoms with Gasteiger partial charge in [-0.25, -0.2) is 14.6 Å². The maximum absolute atomic E-state index is 13.4. The molecule has 11 nitrogen and oxygen atoms in total. The van der Waals surface area contributed by atoms with Gasteiger partial charge in [-0.05, 0) is 32.3 Å². The molecule has 0 aromatic heterocycles. The number of nitro benzene ring substituents is 1. The minimum Gasteiger partial charge on any atom is -0.463 e. The number of rotatable bonds is 16. The first-order valence-electron chi connectivity index (χ1n) is 13.4. The van der Waals surface area contributed by atoms with Crippen molar-refractivity contribution in [1.29, 1.82) is 0 Å². The summed E-state index contributed by atoms with van der Waals surface area (Å²) in [4.78, 5) is 44.5. The number of allylic oxidation sites excluding steroid dienone is 1. The molecular formula is C28H40N4O7. The Bertz CT molecular complexity index is 1090. The van der Waals surface area contributed by atoms with Crippen LogP contribution in [0.25, 0.3) is 0 Å². The number of hydrogen-bond acceptors (Lipinski definition) is 9. The highest BCUT2D eigenvalue weighted by atomic mass is 16.6. The smallest absolute Gasteiger partial charge is 0.338 e. The molecule has 0 aliphatic carbocycles. The van der Waals surface area contributed by atoms with Gasteiger partial charge in [0.2, 0.25) is 0 Å². The molecule has 2 rings (SSSR count). The summed E-state index contributed by atoms with van der Waals surface area (Å²) in [5.74, 6) is -2.15. The van der Waals surface area contributed by atoms with Crippen molar-refractivity contribution in [1.82, 2.24) is 10.2 Å². The van der Waals surface area contributed by atoms with Gasteiger partial charge < -0.3 is 24.4 Å². The second-order valence-corrected chi connectivity index (χ2v) is 9.05. The van der Waals surface area contributed by atoms with Crippen LogP contribution in [-0.4, -0.2) is 68.1 Å². The Morgan fingerprint density at radius 1 is 1.08 bits per heavy atom. The van der Waals surface area contributed by atoms with E-state index in [-0.39, 0.29) is 42.5 Å². The number of benzene rings is 1. The molecule has 1 aliphatic heterocycles. The van der Waals surface area contributed by atoms with Crippen molar-refractivity contribution in [3.63, 3.8) is 0 Å². The molecule has 1 aliphatic rings. The topological polar surface area (TPSA) is 133 Å². The number of non-ortho nitro benzene ring substituents is 1. The van der Waals surface area contributed by atoms with Crippen LogP contribution in [-0.2, 0) is 23.8 Å². The Morgan fingerprint density at radius 2 is 1.74 bits per heavy atom. The molecule has 0 fully saturated rings. The molecule has 1 N–H and O–H groups in total. The monoisotopic (exact) mass is 544 g/mol. The zero-order chi connectivity index (χ0) is 28.8. The minimum atomic E-state index is -1.01. The molecule has 0 spiro atoms. The third kappa shape index (κ3) is 8.91. The van der Waals surface area contributed by atoms with E-state index in [1.807, 2.05) is 0 Å². The first-order chi connectivity index (χ1) is 18.8. The van der Waals surface area contributed by atoms with Crippen molar-refractivity contribution in [2.45, 2.75) is 59.3 Å². The highest BCUT2D eigenvalue weighted by Crippen LogP contribution is 2.40. The van der Waals surface area contributed by atoms with Crippen LogP contribution in [0.3, 0.4) is 0 Å². The first-order valence-corrected chi connectivity index (χ1v) is 13.4. The molecule has 0 bridgehead atoms. The van der Waals surface area contributed by atoms with Gasteiger partial charge in [-0.1, -0.05) is 38.8 Å². The Labute approximate surface area is 230 Å². The highest BCUT2D eigenvalue weighted by molar-refractivity contribution is 6.00. The number of nitro groups is 1. The molecule has 1 aromatic rings. The van der Waals surface area contributed by atoms with Crippen molar-refractivity contribution in [3.8, 4) is 0 Å². The Morgan fingerprint density at radius 3 is 2.33 bits per heavy atom. The predicted molar refractivity (Wildman–Crippen MR) is 148 cm³/mol. The number of carbonyl (C=O) groups excluding carboxylic acids is 2. The van der Waals surface area contributed by atoms with E-state index >= 15 is 0 Å². The second kappa shape index (κ2) is 16.3. The van der Waals surface area contributed by atoms with Gasteiger partial charge in [0.1, 0.15) is 12.4 Å². The maximum Gasteiger partial charge on any atom is 0.338 e. The molecule has 1 heterocycles. The number of ether oxygens (including phenoxy) is 3. The van der Waals surface area contributed by atoms with E-state index < -0.39 is 22.8 Å². The van der Waals surface area contributed by atoms with Gasteiger partial charge in [0, 0.05) is 38.0 Å². The van der Waals surface area contributed by atoms with Crippen LogP contribution in [0.5, 0.6) is 0 Å². The van der Waals surface area contributed by atoms with Gasteiger partial charge in [-0.2, -0.15) is 0 Å². The standard InChI is InChI=1S/C28H40N4O7/c1-6-9-14-31(15-10-7-2)19-29-26-25(28(34)38-8-3)24(21-12-11-13-22(18-21)32(35)36)23(20(4)30-26)27(33)39-17-16-37-5/h11-13,18-19,24,30H,6-10,14-17H2,1-5H3. The van der Waals surface area contributed by atoms with Gasteiger partial charge in [-0.3, -0.25) is 10.1 Å². The quantitative estimate of drug-likeness (QED) is 0.0800. The Balaban J connectivity index is 2.70. The fourth-order valence-corrected chi connectivity index (χ4v) is 4.14. The predicted octanol–water partition coefficient (Wildman–Crippen LogP) is 4.45. The molecule has 0 saturated heterocycles. The number of hydrogen-bond donors (Lipinski definition) is 1. The number of esters is 2. The van der Waals surface area contributed by atoms with Gasteiger partial charge in [0.05, 0.1) is 41.5 Å². The van der Waals surface area contributed by atoms with E-state index in [9.17, 15) is 19.7 Å². The summed E-state index contributed by atoms with van der Waals surface area (Å²) < 4.78 is 15.8. The number of carbonyl (C=O) groups is 2. The van der Waals surface area contributed by atoms with Crippen LogP contribution in [0.4, 0.5) is 5.69 Å². The van der Waals surface area contributed by atoms with Crippen molar-refractivity contribution in [2.75, 3.05) is 40.0 Å². The zero-order valence-electron chi connectivity index (χ0n) is 23.5. The summed E-state index contributed by atoms with van der Waals surface area (Å²) in [7, 11) is 1.49. The molecule has 214 valence electrons. The van der Waals surface area contributed by atoms with Gasteiger partial charge >= 0.3 is 11.9 Å². The lowest BCUT2D eigenvalue weighted by atomic mass is 9.81. The van der Waals surface area contributed by atoms with Crippen molar-refractivity contribution in [2.24, 2.45) is 4.99 Å². The second-order valence-electron chi connectivity index (χ2n) is 9.05. The maximum atomic E-state index is 13.4. The molecule has 1 aromatic carbocycles. The van der Waals surface area contributed by atoms with E-state index in [1.54, 1.807) is 26.3 Å². The average Bonchev–Trinajstić information content (AvgIpc) is 2.92. The largest absolute Gasteiger partial charge is 0.463 e. The molecule has 1 unspecified atom stereocenters. The zero-order valence-corrected chi connectivity index (χ0v) is 23.5. The van der Waals surface area contributed by atoms with E-state index in [0.29, 0.717) is 11.3 Å². The fourth-order valence-electron chi connectivity index (χ4n) is 4.14. The Hall–Kier alpha value is -3.73. The molecule has 1 atom stereocenters. The number of unbranched alkanes of at least 4 members (excludes halogenated alkanes) is 2. The van der Waals surface area contributed by atoms with Crippen LogP contribution < -0.4 is 5.32 Å². The average molecular weight is 545 g/mol. The lowest BCUT2D eigenvalue weighted by Crippen LogP contribution is -2.34. The summed E-state index contributed by atoms with van der Waals surface area (Å²) >= 11 is 0. The van der Waals surface area contributed by atoms with E-state index in [2.05, 4.69) is 29.1 Å². The van der Waals surface area contributed by atoms with Gasteiger partial charge in [0.25, 0.3) is 5.69 Å². The molecule has 0 radical (unpaired) electrons. The van der Waals surface area contributed by atoms with Crippen molar-refractivity contribution in [3.05, 3.63) is 62.6 Å². The number of aliphatic imine (C=N–C) groups is 1. The third-order valence-corrected chi connectivity index (χ3v) is 6.14. The lowest BCUT2D eigenvalue weighted by Gasteiger charge is -2.30. The lowest BCUT2D eigenvalue weighted by molar-refractivity contribution is -0.384. The van der Waals surface area contributed by atoms with Gasteiger partial charge in [-0.15, -0.1) is 0 Å². The van der Waals surface area contributed by atoms with Crippen LogP contribution in [0.2, 0.25) is 0 Å². The molecule has 39 heavy (non-hydrogen) atoms. The third-order valence-electron chi connectivity index (χ3n) is 6.14. The highest BCUT2D eigenvalue weighted by Gasteiger charge is 2.39. The first kappa shape index (κ1) is 31.5. The molecular weight excluding hydrogens is 504 g/mol. The van der Waals surface area contributed by atoms with Crippen LogP contribution in [0, 0.1) is 10.1 Å². The number of nitrogens with one attached hydrogen (secondary N) is 1. The SMILES string of the molecule is CCCCN(C=NC1=C(C(=O)OCC)C(c2cccc([N+](=O)[O-])c2)C(C(=O)OCCOC)=C(C)N1)CCCC. The number of dihydropyridines is 1. The van der Waals surface area contributed by atoms with E-state index in [4.69, 9.17) is 14.2 Å². The normalized spacial score (nSPS) is 15.4. The van der Waals surface area contributed by atoms with Gasteiger partial charge in [0.15, 0.2) is 0 Å². The molecule has 0 saturated carbocycles. The summed E-state index contributed by atoms with van der Waals surface area (Å²) in [6.07, 6.45) is 5.72. The van der Waals surface area contributed by atoms with Crippen LogP contribution >= 0.6 is 0 Å².